The number of nitrogens with zero attached hydrogens (tertiary/aromatic N) is 1. The summed E-state index contributed by atoms with van der Waals surface area (Å²) in [4.78, 5) is 11.7. The van der Waals surface area contributed by atoms with Crippen molar-refractivity contribution in [1.29, 1.82) is 0 Å². The van der Waals surface area contributed by atoms with E-state index in [0.29, 0.717) is 23.8 Å². The van der Waals surface area contributed by atoms with Gasteiger partial charge in [-0.05, 0) is 67.6 Å². The van der Waals surface area contributed by atoms with Crippen molar-refractivity contribution >= 4 is 43.4 Å². The van der Waals surface area contributed by atoms with Gasteiger partial charge in [0, 0.05) is 19.6 Å². The van der Waals surface area contributed by atoms with Crippen molar-refractivity contribution in [3.8, 4) is 0 Å². The molecule has 1 fully saturated rings. The summed E-state index contributed by atoms with van der Waals surface area (Å²) in [6.45, 7) is 6.76. The van der Waals surface area contributed by atoms with Crippen LogP contribution < -0.4 is 5.32 Å². The fourth-order valence-corrected chi connectivity index (χ4v) is 6.24. The molecule has 1 saturated heterocycles. The van der Waals surface area contributed by atoms with E-state index in [4.69, 9.17) is 4.74 Å². The summed E-state index contributed by atoms with van der Waals surface area (Å²) >= 11 is 4.51. The Morgan fingerprint density at radius 1 is 1.46 bits per heavy atom. The first-order chi connectivity index (χ1) is 11.1. The summed E-state index contributed by atoms with van der Waals surface area (Å²) < 4.78 is 33.2. The van der Waals surface area contributed by atoms with E-state index in [2.05, 4.69) is 21.2 Å². The van der Waals surface area contributed by atoms with Gasteiger partial charge in [-0.2, -0.15) is 4.31 Å². The van der Waals surface area contributed by atoms with Crippen molar-refractivity contribution in [2.45, 2.75) is 43.4 Å². The second-order valence-electron chi connectivity index (χ2n) is 6.81. The molecule has 0 aromatic carbocycles. The van der Waals surface area contributed by atoms with Gasteiger partial charge in [0.05, 0.1) is 3.79 Å². The van der Waals surface area contributed by atoms with Crippen molar-refractivity contribution in [2.24, 2.45) is 5.92 Å². The van der Waals surface area contributed by atoms with Gasteiger partial charge in [0.2, 0.25) is 0 Å². The minimum absolute atomic E-state index is 0.0875. The first-order valence-electron chi connectivity index (χ1n) is 7.80. The lowest BCUT2D eigenvalue weighted by Gasteiger charge is -2.31. The van der Waals surface area contributed by atoms with Crippen LogP contribution in [0.1, 0.15) is 33.6 Å². The standard InChI is InChI=1S/C15H23BrN2O4S2/c1-15(2,3)22-14(19)17-9-11-5-4-8-18(10-11)24(20,21)13-7-6-12(16)23-13/h6-7,11H,4-5,8-10H2,1-3H3,(H,17,19)/t11-/m0/s1. The largest absolute Gasteiger partial charge is 0.444 e. The summed E-state index contributed by atoms with van der Waals surface area (Å²) in [5, 5.41) is 2.74. The number of carbonyl (C=O) groups is 1. The Hall–Kier alpha value is -0.640. The predicted octanol–water partition coefficient (Wildman–Crippen LogP) is 3.44. The van der Waals surface area contributed by atoms with Gasteiger partial charge in [-0.25, -0.2) is 13.2 Å². The molecule has 0 saturated carbocycles. The first kappa shape index (κ1) is 19.7. The molecule has 9 heteroatoms. The maximum absolute atomic E-state index is 12.7. The van der Waals surface area contributed by atoms with Crippen LogP contribution in [0.5, 0.6) is 0 Å². The van der Waals surface area contributed by atoms with Crippen LogP contribution in [-0.2, 0) is 14.8 Å². The monoisotopic (exact) mass is 438 g/mol. The zero-order valence-electron chi connectivity index (χ0n) is 14.0. The number of amides is 1. The average Bonchev–Trinajstić information content (AvgIpc) is 2.91. The molecule has 1 atom stereocenters. The maximum atomic E-state index is 12.7. The van der Waals surface area contributed by atoms with E-state index in [1.54, 1.807) is 32.9 Å². The van der Waals surface area contributed by atoms with Crippen molar-refractivity contribution in [2.75, 3.05) is 19.6 Å². The lowest BCUT2D eigenvalue weighted by atomic mass is 10.00. The van der Waals surface area contributed by atoms with Crippen LogP contribution in [0.25, 0.3) is 0 Å². The molecular formula is C15H23BrN2O4S2. The number of sulfonamides is 1. The van der Waals surface area contributed by atoms with Crippen molar-refractivity contribution in [1.82, 2.24) is 9.62 Å². The highest BCUT2D eigenvalue weighted by atomic mass is 79.9. The zero-order chi connectivity index (χ0) is 18.0. The Bertz CT molecular complexity index is 682. The van der Waals surface area contributed by atoms with Crippen LogP contribution in [-0.4, -0.2) is 44.1 Å². The second-order valence-corrected chi connectivity index (χ2v) is 11.4. The topological polar surface area (TPSA) is 75.7 Å². The highest BCUT2D eigenvalue weighted by Gasteiger charge is 2.31. The van der Waals surface area contributed by atoms with Gasteiger partial charge < -0.3 is 10.1 Å². The molecule has 2 rings (SSSR count). The normalized spacial score (nSPS) is 19.9. The molecule has 1 aromatic rings. The highest BCUT2D eigenvalue weighted by Crippen LogP contribution is 2.30. The third-order valence-electron chi connectivity index (χ3n) is 3.56. The van der Waals surface area contributed by atoms with Gasteiger partial charge >= 0.3 is 6.09 Å². The molecule has 1 aromatic heterocycles. The fourth-order valence-electron chi connectivity index (χ4n) is 2.52. The van der Waals surface area contributed by atoms with Crippen LogP contribution in [0.3, 0.4) is 0 Å². The Balaban J connectivity index is 1.93. The van der Waals surface area contributed by atoms with Gasteiger partial charge in [-0.15, -0.1) is 11.3 Å². The van der Waals surface area contributed by atoms with Crippen LogP contribution in [0.4, 0.5) is 4.79 Å². The number of alkyl carbamates (subject to hydrolysis) is 1. The van der Waals surface area contributed by atoms with E-state index < -0.39 is 21.7 Å². The van der Waals surface area contributed by atoms with Crippen LogP contribution in [0.2, 0.25) is 0 Å². The van der Waals surface area contributed by atoms with E-state index in [1.165, 1.54) is 15.6 Å². The molecule has 1 N–H and O–H groups in total. The lowest BCUT2D eigenvalue weighted by Crippen LogP contribution is -2.44. The van der Waals surface area contributed by atoms with Crippen molar-refractivity contribution < 1.29 is 17.9 Å². The number of piperidine rings is 1. The fraction of sp³-hybridized carbons (Fsp3) is 0.667. The summed E-state index contributed by atoms with van der Waals surface area (Å²) in [7, 11) is -3.46. The quantitative estimate of drug-likeness (QED) is 0.780. The lowest BCUT2D eigenvalue weighted by molar-refractivity contribution is 0.0513. The molecule has 0 radical (unpaired) electrons. The second kappa shape index (κ2) is 7.72. The Labute approximate surface area is 155 Å². The predicted molar refractivity (Wildman–Crippen MR) is 97.7 cm³/mol. The van der Waals surface area contributed by atoms with Gasteiger partial charge in [0.15, 0.2) is 0 Å². The minimum atomic E-state index is -3.46. The van der Waals surface area contributed by atoms with Crippen LogP contribution >= 0.6 is 27.3 Å². The number of ether oxygens (including phenoxy) is 1. The molecule has 0 aliphatic carbocycles. The molecular weight excluding hydrogens is 416 g/mol. The SMILES string of the molecule is CC(C)(C)OC(=O)NC[C@@H]1CCCN(S(=O)(=O)c2ccc(Br)s2)C1. The number of hydrogen-bond acceptors (Lipinski definition) is 5. The van der Waals surface area contributed by atoms with E-state index >= 15 is 0 Å². The molecule has 1 amide bonds. The number of nitrogens with one attached hydrogen (secondary N) is 1. The van der Waals surface area contributed by atoms with E-state index in [0.717, 1.165) is 16.6 Å². The molecule has 0 spiro atoms. The minimum Gasteiger partial charge on any atom is -0.444 e. The molecule has 1 aliphatic heterocycles. The smallest absolute Gasteiger partial charge is 0.407 e. The number of halogens is 1. The third kappa shape index (κ3) is 5.44. The summed E-state index contributed by atoms with van der Waals surface area (Å²) in [5.74, 6) is 0.0875. The summed E-state index contributed by atoms with van der Waals surface area (Å²) in [5.41, 5.74) is -0.543. The molecule has 24 heavy (non-hydrogen) atoms. The summed E-state index contributed by atoms with van der Waals surface area (Å²) in [6.07, 6.45) is 1.20. The molecule has 136 valence electrons. The number of carbonyl (C=O) groups excluding carboxylic acids is 1. The van der Waals surface area contributed by atoms with Gasteiger partial charge in [0.1, 0.15) is 9.81 Å². The number of thiophene rings is 1. The van der Waals surface area contributed by atoms with Crippen LogP contribution in [0, 0.1) is 5.92 Å². The van der Waals surface area contributed by atoms with E-state index in [1.807, 2.05) is 0 Å². The van der Waals surface area contributed by atoms with E-state index in [9.17, 15) is 13.2 Å². The van der Waals surface area contributed by atoms with Gasteiger partial charge in [-0.3, -0.25) is 0 Å². The van der Waals surface area contributed by atoms with Gasteiger partial charge in [0.25, 0.3) is 10.0 Å². The number of rotatable bonds is 4. The maximum Gasteiger partial charge on any atom is 0.407 e. The average molecular weight is 439 g/mol. The highest BCUT2D eigenvalue weighted by molar-refractivity contribution is 9.11. The molecule has 6 nitrogen and oxygen atoms in total. The van der Waals surface area contributed by atoms with Crippen LogP contribution in [0.15, 0.2) is 20.1 Å². The Morgan fingerprint density at radius 3 is 2.75 bits per heavy atom. The Kier molecular flexibility index (Phi) is 6.33. The zero-order valence-corrected chi connectivity index (χ0v) is 17.3. The molecule has 1 aliphatic rings. The number of hydrogen-bond donors (Lipinski definition) is 1. The molecule has 2 heterocycles. The molecule has 0 unspecified atom stereocenters. The van der Waals surface area contributed by atoms with Crippen molar-refractivity contribution in [3.63, 3.8) is 0 Å². The first-order valence-corrected chi connectivity index (χ1v) is 10.9. The Morgan fingerprint density at radius 2 is 2.17 bits per heavy atom. The van der Waals surface area contributed by atoms with E-state index in [-0.39, 0.29) is 5.92 Å². The van der Waals surface area contributed by atoms with Gasteiger partial charge in [-0.1, -0.05) is 0 Å². The summed E-state index contributed by atoms with van der Waals surface area (Å²) in [6, 6.07) is 3.36. The van der Waals surface area contributed by atoms with Crippen molar-refractivity contribution in [3.05, 3.63) is 15.9 Å². The molecule has 0 bridgehead atoms. The third-order valence-corrected chi connectivity index (χ3v) is 7.51.